The Morgan fingerprint density at radius 2 is 1.25 bits per heavy atom. The zero-order valence-corrected chi connectivity index (χ0v) is 18.1. The van der Waals surface area contributed by atoms with Crippen LogP contribution in [-0.4, -0.2) is 31.5 Å². The van der Waals surface area contributed by atoms with Crippen molar-refractivity contribution in [2.24, 2.45) is 5.92 Å². The zero-order chi connectivity index (χ0) is 18.1. The second-order valence-corrected chi connectivity index (χ2v) is 7.57. The Kier molecular flexibility index (Phi) is 17.4. The van der Waals surface area contributed by atoms with Gasteiger partial charge in [0.05, 0.1) is 0 Å². The van der Waals surface area contributed by atoms with Gasteiger partial charge in [0, 0.05) is 31.5 Å². The van der Waals surface area contributed by atoms with Crippen LogP contribution < -0.4 is 0 Å². The van der Waals surface area contributed by atoms with Gasteiger partial charge < -0.3 is 14.2 Å². The topological polar surface area (TPSA) is 27.7 Å². The van der Waals surface area contributed by atoms with Crippen LogP contribution in [0.15, 0.2) is 0 Å². The third-order valence-corrected chi connectivity index (χ3v) is 5.25. The van der Waals surface area contributed by atoms with Crippen LogP contribution >= 0.6 is 22.5 Å². The summed E-state index contributed by atoms with van der Waals surface area (Å²) in [6, 6.07) is 0. The highest BCUT2D eigenvalue weighted by molar-refractivity contribution is 8.68. The number of thiol groups is 1. The third-order valence-electron chi connectivity index (χ3n) is 4.23. The molecule has 0 aliphatic carbocycles. The third kappa shape index (κ3) is 10.5. The molecule has 5 heteroatoms. The molecule has 0 saturated heterocycles. The Labute approximate surface area is 159 Å². The first-order valence-corrected chi connectivity index (χ1v) is 11.9. The van der Waals surface area contributed by atoms with E-state index in [2.05, 4.69) is 18.6 Å². The first-order valence-electron chi connectivity index (χ1n) is 9.88. The maximum Gasteiger partial charge on any atom is 0.285 e. The van der Waals surface area contributed by atoms with Crippen molar-refractivity contribution in [3.8, 4) is 0 Å². The second-order valence-electron chi connectivity index (χ2n) is 6.13. The van der Waals surface area contributed by atoms with Crippen molar-refractivity contribution < 1.29 is 14.2 Å². The quantitative estimate of drug-likeness (QED) is 0.127. The lowest BCUT2D eigenvalue weighted by Crippen LogP contribution is -2.46. The molecule has 0 N–H and O–H groups in total. The maximum atomic E-state index is 6.03. The monoisotopic (exact) mass is 380 g/mol. The van der Waals surface area contributed by atoms with Gasteiger partial charge in [-0.1, -0.05) is 56.2 Å². The van der Waals surface area contributed by atoms with Crippen LogP contribution in [0.25, 0.3) is 0 Å². The lowest BCUT2D eigenvalue weighted by atomic mass is 9.93. The van der Waals surface area contributed by atoms with E-state index in [-0.39, 0.29) is 5.92 Å². The van der Waals surface area contributed by atoms with Crippen LogP contribution in [-0.2, 0) is 14.2 Å². The molecule has 0 aliphatic heterocycles. The first kappa shape index (κ1) is 24.6. The molecule has 1 atom stereocenters. The number of unbranched alkanes of at least 4 members (excludes halogenated alkanes) is 5. The molecular formula is C19H40O3S2. The number of hydrogen-bond donors (Lipinski definition) is 1. The average molecular weight is 381 g/mol. The van der Waals surface area contributed by atoms with Crippen molar-refractivity contribution in [3.63, 3.8) is 0 Å². The fraction of sp³-hybridized carbons (Fsp3) is 1.00. The van der Waals surface area contributed by atoms with E-state index in [0.717, 1.165) is 25.0 Å². The fourth-order valence-electron chi connectivity index (χ4n) is 3.15. The second kappa shape index (κ2) is 17.0. The molecule has 0 aromatic rings. The smallest absolute Gasteiger partial charge is 0.285 e. The molecule has 0 aromatic heterocycles. The number of rotatable bonds is 18. The zero-order valence-electron chi connectivity index (χ0n) is 16.3. The lowest BCUT2D eigenvalue weighted by Gasteiger charge is -2.39. The summed E-state index contributed by atoms with van der Waals surface area (Å²) in [6.45, 7) is 10.1. The van der Waals surface area contributed by atoms with Crippen molar-refractivity contribution in [1.82, 2.24) is 0 Å². The van der Waals surface area contributed by atoms with Gasteiger partial charge in [0.1, 0.15) is 0 Å². The Morgan fingerprint density at radius 1 is 0.750 bits per heavy atom. The number of ether oxygens (including phenoxy) is 3. The molecule has 0 bridgehead atoms. The summed E-state index contributed by atoms with van der Waals surface area (Å²) in [7, 11) is 1.60. The van der Waals surface area contributed by atoms with Crippen LogP contribution in [0.3, 0.4) is 0 Å². The highest BCUT2D eigenvalue weighted by Crippen LogP contribution is 2.34. The van der Waals surface area contributed by atoms with Gasteiger partial charge in [-0.3, -0.25) is 0 Å². The minimum Gasteiger partial charge on any atom is -0.328 e. The van der Waals surface area contributed by atoms with Crippen LogP contribution in [0.2, 0.25) is 0 Å². The number of hydrogen-bond acceptors (Lipinski definition) is 5. The lowest BCUT2D eigenvalue weighted by molar-refractivity contribution is -0.403. The van der Waals surface area contributed by atoms with E-state index in [1.807, 2.05) is 20.8 Å². The SMILES string of the molecule is CCCCCCCCC(CCCSS)C(OCC)(OCC)OCC. The van der Waals surface area contributed by atoms with E-state index in [9.17, 15) is 0 Å². The minimum absolute atomic E-state index is 0.281. The van der Waals surface area contributed by atoms with E-state index in [4.69, 9.17) is 14.2 Å². The Bertz CT molecular complexity index is 248. The van der Waals surface area contributed by atoms with Crippen LogP contribution in [0, 0.1) is 5.92 Å². The molecule has 0 heterocycles. The highest BCUT2D eigenvalue weighted by Gasteiger charge is 2.41. The molecule has 0 fully saturated rings. The molecule has 1 unspecified atom stereocenters. The van der Waals surface area contributed by atoms with Crippen LogP contribution in [0.1, 0.15) is 85.5 Å². The molecule has 24 heavy (non-hydrogen) atoms. The molecule has 0 saturated carbocycles. The molecule has 146 valence electrons. The predicted molar refractivity (Wildman–Crippen MR) is 110 cm³/mol. The van der Waals surface area contributed by atoms with Crippen LogP contribution in [0.5, 0.6) is 0 Å². The van der Waals surface area contributed by atoms with Crippen molar-refractivity contribution in [2.45, 2.75) is 91.5 Å². The van der Waals surface area contributed by atoms with Crippen molar-refractivity contribution in [3.05, 3.63) is 0 Å². The van der Waals surface area contributed by atoms with Gasteiger partial charge in [-0.25, -0.2) is 0 Å². The molecule has 0 spiro atoms. The molecule has 0 rings (SSSR count). The molecule has 0 amide bonds. The molecule has 0 radical (unpaired) electrons. The van der Waals surface area contributed by atoms with Crippen LogP contribution in [0.4, 0.5) is 0 Å². The summed E-state index contributed by atoms with van der Waals surface area (Å²) in [5, 5.41) is 0. The van der Waals surface area contributed by atoms with E-state index in [0.29, 0.717) is 19.8 Å². The first-order chi connectivity index (χ1) is 11.7. The summed E-state index contributed by atoms with van der Waals surface area (Å²) in [5.41, 5.74) is 0. The fourth-order valence-corrected chi connectivity index (χ4v) is 3.83. The summed E-state index contributed by atoms with van der Waals surface area (Å²) in [4.78, 5) is 0. The highest BCUT2D eigenvalue weighted by atomic mass is 33.1. The summed E-state index contributed by atoms with van der Waals surface area (Å²) in [6.07, 6.45) is 11.1. The standard InChI is InChI=1S/C19H40O3S2/c1-5-9-10-11-12-13-15-18(16-14-17-24-23)19(20-6-2,21-7-3)22-8-4/h18,23H,5-17H2,1-4H3. The Hall–Kier alpha value is 0.580. The van der Waals surface area contributed by atoms with Crippen molar-refractivity contribution in [2.75, 3.05) is 25.6 Å². The summed E-state index contributed by atoms with van der Waals surface area (Å²) in [5.74, 6) is 0.462. The van der Waals surface area contributed by atoms with E-state index in [1.165, 1.54) is 38.5 Å². The Balaban J connectivity index is 4.74. The molecule has 0 aromatic carbocycles. The van der Waals surface area contributed by atoms with Crippen molar-refractivity contribution in [1.29, 1.82) is 0 Å². The van der Waals surface area contributed by atoms with E-state index < -0.39 is 5.97 Å². The van der Waals surface area contributed by atoms with Gasteiger partial charge >= 0.3 is 0 Å². The van der Waals surface area contributed by atoms with Gasteiger partial charge in [-0.15, -0.1) is 11.7 Å². The van der Waals surface area contributed by atoms with E-state index >= 15 is 0 Å². The van der Waals surface area contributed by atoms with Crippen molar-refractivity contribution >= 4 is 22.5 Å². The van der Waals surface area contributed by atoms with Gasteiger partial charge in [-0.05, 0) is 40.0 Å². The minimum atomic E-state index is -0.872. The summed E-state index contributed by atoms with van der Waals surface area (Å²) >= 11 is 4.26. The normalized spacial score (nSPS) is 13.4. The summed E-state index contributed by atoms with van der Waals surface area (Å²) < 4.78 is 18.1. The van der Waals surface area contributed by atoms with Gasteiger partial charge in [0.15, 0.2) is 0 Å². The Morgan fingerprint density at radius 3 is 1.75 bits per heavy atom. The predicted octanol–water partition coefficient (Wildman–Crippen LogP) is 6.47. The largest absolute Gasteiger partial charge is 0.328 e. The van der Waals surface area contributed by atoms with Gasteiger partial charge in [-0.2, -0.15) is 0 Å². The van der Waals surface area contributed by atoms with Gasteiger partial charge in [0.2, 0.25) is 0 Å². The molecule has 0 aliphatic rings. The van der Waals surface area contributed by atoms with E-state index in [1.54, 1.807) is 10.8 Å². The van der Waals surface area contributed by atoms with Gasteiger partial charge in [0.25, 0.3) is 5.97 Å². The molecular weight excluding hydrogens is 340 g/mol. The maximum absolute atomic E-state index is 6.03. The molecule has 3 nitrogen and oxygen atoms in total. The average Bonchev–Trinajstić information content (AvgIpc) is 2.57.